The molecule has 0 atom stereocenters. The van der Waals surface area contributed by atoms with E-state index in [4.69, 9.17) is 0 Å². The maximum absolute atomic E-state index is 4.63. The van der Waals surface area contributed by atoms with Gasteiger partial charge in [-0.2, -0.15) is 0 Å². The lowest BCUT2D eigenvalue weighted by Gasteiger charge is -2.07. The van der Waals surface area contributed by atoms with E-state index in [-0.39, 0.29) is 0 Å². The highest BCUT2D eigenvalue weighted by Crippen LogP contribution is 2.28. The van der Waals surface area contributed by atoms with Gasteiger partial charge in [-0.3, -0.25) is 0 Å². The van der Waals surface area contributed by atoms with Gasteiger partial charge in [0.05, 0.1) is 5.69 Å². The Labute approximate surface area is 116 Å². The molecule has 4 heteroatoms. The van der Waals surface area contributed by atoms with Crippen molar-refractivity contribution in [2.75, 3.05) is 0 Å². The number of hydrogen-bond acceptors (Lipinski definition) is 2. The van der Waals surface area contributed by atoms with Crippen LogP contribution in [0.5, 0.6) is 0 Å². The molecule has 0 radical (unpaired) electrons. The molecule has 4 aromatic rings. The Kier molecular flexibility index (Phi) is 2.21. The second-order valence-electron chi connectivity index (χ2n) is 5.09. The van der Waals surface area contributed by atoms with Crippen molar-refractivity contribution in [1.29, 1.82) is 0 Å². The number of aromatic nitrogens is 4. The minimum absolute atomic E-state index is 0.955. The van der Waals surface area contributed by atoms with E-state index in [1.807, 2.05) is 37.0 Å². The summed E-state index contributed by atoms with van der Waals surface area (Å²) in [6.07, 6.45) is 7.93. The number of benzene rings is 1. The predicted molar refractivity (Wildman–Crippen MR) is 79.6 cm³/mol. The van der Waals surface area contributed by atoms with Gasteiger partial charge < -0.3 is 8.97 Å². The lowest BCUT2D eigenvalue weighted by molar-refractivity contribution is 0.925. The van der Waals surface area contributed by atoms with Crippen molar-refractivity contribution < 1.29 is 0 Å². The van der Waals surface area contributed by atoms with Crippen LogP contribution in [0.1, 0.15) is 5.69 Å². The SMILES string of the molecule is Cc1cn(C)c(-c2cccc3cn4ccnc4cc23)n1. The summed E-state index contributed by atoms with van der Waals surface area (Å²) < 4.78 is 4.11. The first-order valence-electron chi connectivity index (χ1n) is 6.58. The minimum Gasteiger partial charge on any atom is -0.334 e. The molecule has 0 aliphatic rings. The van der Waals surface area contributed by atoms with Gasteiger partial charge in [0.15, 0.2) is 0 Å². The molecule has 3 heterocycles. The number of nitrogens with zero attached hydrogens (tertiary/aromatic N) is 4. The van der Waals surface area contributed by atoms with E-state index >= 15 is 0 Å². The maximum Gasteiger partial charge on any atom is 0.140 e. The number of hydrogen-bond donors (Lipinski definition) is 0. The zero-order chi connectivity index (χ0) is 13.7. The van der Waals surface area contributed by atoms with Gasteiger partial charge in [-0.25, -0.2) is 9.97 Å². The first-order chi connectivity index (χ1) is 9.72. The van der Waals surface area contributed by atoms with E-state index in [0.717, 1.165) is 22.7 Å². The molecule has 3 aromatic heterocycles. The Bertz CT molecular complexity index is 930. The molecule has 4 rings (SSSR count). The van der Waals surface area contributed by atoms with Crippen molar-refractivity contribution >= 4 is 16.4 Å². The van der Waals surface area contributed by atoms with Crippen molar-refractivity contribution in [2.45, 2.75) is 6.92 Å². The number of aryl methyl sites for hydroxylation is 2. The van der Waals surface area contributed by atoms with Gasteiger partial charge in [0.25, 0.3) is 0 Å². The van der Waals surface area contributed by atoms with Crippen LogP contribution >= 0.6 is 0 Å². The average Bonchev–Trinajstić information content (AvgIpc) is 3.01. The molecule has 0 saturated carbocycles. The monoisotopic (exact) mass is 262 g/mol. The third-order valence-electron chi connectivity index (χ3n) is 3.63. The molecule has 4 nitrogen and oxygen atoms in total. The van der Waals surface area contributed by atoms with E-state index in [9.17, 15) is 0 Å². The standard InChI is InChI=1S/C16H14N4/c1-11-9-19(2)16(18-11)13-5-3-4-12-10-20-7-6-17-15(20)8-14(12)13/h3-10H,1-2H3. The second-order valence-corrected chi connectivity index (χ2v) is 5.09. The highest BCUT2D eigenvalue weighted by Gasteiger charge is 2.10. The van der Waals surface area contributed by atoms with E-state index < -0.39 is 0 Å². The highest BCUT2D eigenvalue weighted by atomic mass is 15.0. The first kappa shape index (κ1) is 11.2. The second kappa shape index (κ2) is 3.93. The molecule has 0 spiro atoms. The molecular weight excluding hydrogens is 248 g/mol. The Morgan fingerprint density at radius 3 is 2.85 bits per heavy atom. The Balaban J connectivity index is 2.10. The van der Waals surface area contributed by atoms with Crippen LogP contribution in [0.3, 0.4) is 0 Å². The number of pyridine rings is 1. The minimum atomic E-state index is 0.955. The lowest BCUT2D eigenvalue weighted by atomic mass is 10.1. The zero-order valence-corrected chi connectivity index (χ0v) is 11.4. The lowest BCUT2D eigenvalue weighted by Crippen LogP contribution is -1.93. The fraction of sp³-hybridized carbons (Fsp3) is 0.125. The molecule has 0 bridgehead atoms. The fourth-order valence-electron chi connectivity index (χ4n) is 2.74. The quantitative estimate of drug-likeness (QED) is 0.528. The molecule has 20 heavy (non-hydrogen) atoms. The molecule has 0 N–H and O–H groups in total. The molecule has 0 amide bonds. The smallest absolute Gasteiger partial charge is 0.140 e. The summed E-state index contributed by atoms with van der Waals surface area (Å²) in [7, 11) is 2.03. The van der Waals surface area contributed by atoms with Crippen LogP contribution in [0.25, 0.3) is 27.8 Å². The van der Waals surface area contributed by atoms with Gasteiger partial charge in [0, 0.05) is 37.4 Å². The third-order valence-corrected chi connectivity index (χ3v) is 3.63. The van der Waals surface area contributed by atoms with Crippen LogP contribution in [0, 0.1) is 6.92 Å². The van der Waals surface area contributed by atoms with Gasteiger partial charge in [-0.1, -0.05) is 18.2 Å². The largest absolute Gasteiger partial charge is 0.334 e. The van der Waals surface area contributed by atoms with Crippen LogP contribution in [0.2, 0.25) is 0 Å². The number of imidazole rings is 2. The molecule has 0 aliphatic heterocycles. The zero-order valence-electron chi connectivity index (χ0n) is 11.4. The molecule has 0 unspecified atom stereocenters. The van der Waals surface area contributed by atoms with Gasteiger partial charge in [0.2, 0.25) is 0 Å². The summed E-state index contributed by atoms with van der Waals surface area (Å²) in [5.74, 6) is 0.990. The van der Waals surface area contributed by atoms with Crippen LogP contribution in [-0.2, 0) is 7.05 Å². The highest BCUT2D eigenvalue weighted by molar-refractivity contribution is 5.96. The third kappa shape index (κ3) is 1.54. The predicted octanol–water partition coefficient (Wildman–Crippen LogP) is 3.20. The van der Waals surface area contributed by atoms with Crippen molar-refractivity contribution in [3.63, 3.8) is 0 Å². The summed E-state index contributed by atoms with van der Waals surface area (Å²) >= 11 is 0. The molecule has 0 saturated heterocycles. The topological polar surface area (TPSA) is 35.1 Å². The van der Waals surface area contributed by atoms with Crippen molar-refractivity contribution in [1.82, 2.24) is 18.9 Å². The van der Waals surface area contributed by atoms with Gasteiger partial charge in [0.1, 0.15) is 11.5 Å². The molecule has 98 valence electrons. The summed E-state index contributed by atoms with van der Waals surface area (Å²) in [6.45, 7) is 2.02. The van der Waals surface area contributed by atoms with Crippen LogP contribution in [0.15, 0.2) is 49.1 Å². The van der Waals surface area contributed by atoms with Gasteiger partial charge in [-0.15, -0.1) is 0 Å². The van der Waals surface area contributed by atoms with Gasteiger partial charge in [-0.05, 0) is 23.8 Å². The normalized spacial score (nSPS) is 11.5. The molecule has 1 aromatic carbocycles. The molecule has 0 aliphatic carbocycles. The summed E-state index contributed by atoms with van der Waals surface area (Å²) in [6, 6.07) is 8.43. The number of fused-ring (bicyclic) bond motifs is 2. The van der Waals surface area contributed by atoms with Crippen molar-refractivity contribution in [3.05, 3.63) is 54.7 Å². The summed E-state index contributed by atoms with van der Waals surface area (Å²) in [5, 5.41) is 2.37. The van der Waals surface area contributed by atoms with Crippen LogP contribution in [-0.4, -0.2) is 18.9 Å². The Morgan fingerprint density at radius 2 is 2.05 bits per heavy atom. The van der Waals surface area contributed by atoms with Crippen molar-refractivity contribution in [3.8, 4) is 11.4 Å². The average molecular weight is 262 g/mol. The van der Waals surface area contributed by atoms with E-state index in [1.54, 1.807) is 0 Å². The van der Waals surface area contributed by atoms with Crippen LogP contribution < -0.4 is 0 Å². The van der Waals surface area contributed by atoms with E-state index in [1.165, 1.54) is 10.8 Å². The number of rotatable bonds is 1. The van der Waals surface area contributed by atoms with Crippen molar-refractivity contribution in [2.24, 2.45) is 7.05 Å². The maximum atomic E-state index is 4.63. The molecule has 0 fully saturated rings. The van der Waals surface area contributed by atoms with Gasteiger partial charge >= 0.3 is 0 Å². The fourth-order valence-corrected chi connectivity index (χ4v) is 2.74. The summed E-state index contributed by atoms with van der Waals surface area (Å²) in [4.78, 5) is 9.00. The van der Waals surface area contributed by atoms with E-state index in [2.05, 4.69) is 45.0 Å². The Morgan fingerprint density at radius 1 is 1.15 bits per heavy atom. The summed E-state index contributed by atoms with van der Waals surface area (Å²) in [5.41, 5.74) is 3.13. The van der Waals surface area contributed by atoms with E-state index in [0.29, 0.717) is 0 Å². The first-order valence-corrected chi connectivity index (χ1v) is 6.58. The van der Waals surface area contributed by atoms with Crippen LogP contribution in [0.4, 0.5) is 0 Å². The Hall–Kier alpha value is -2.62. The molecular formula is C16H14N4.